The first kappa shape index (κ1) is 32.1. The molecule has 1 aromatic carbocycles. The third kappa shape index (κ3) is 9.74. The summed E-state index contributed by atoms with van der Waals surface area (Å²) in [6, 6.07) is 2.91. The summed E-state index contributed by atoms with van der Waals surface area (Å²) in [7, 11) is 1.00. The molecule has 2 aliphatic rings. The van der Waals surface area contributed by atoms with Crippen molar-refractivity contribution >= 4 is 23.6 Å². The molecule has 0 saturated carbocycles. The Balaban J connectivity index is 0.00000103. The van der Waals surface area contributed by atoms with Crippen LogP contribution >= 0.6 is 11.6 Å². The number of quaternary nitrogens is 1. The van der Waals surface area contributed by atoms with Crippen LogP contribution in [-0.4, -0.2) is 55.6 Å². The van der Waals surface area contributed by atoms with Crippen LogP contribution in [0.25, 0.3) is 6.08 Å². The SMILES string of the molecule is C1CCNC1.CC(C)(C)c1cc2c(cc1Cl)C=C(C(=O)OCON)C(C(F)(F)F)O2.CO.[NH3+]O. The van der Waals surface area contributed by atoms with Crippen molar-refractivity contribution in [2.45, 2.75) is 51.3 Å². The lowest BCUT2D eigenvalue weighted by Gasteiger charge is -2.30. The van der Waals surface area contributed by atoms with Crippen molar-refractivity contribution in [1.29, 1.82) is 0 Å². The lowest BCUT2D eigenvalue weighted by molar-refractivity contribution is -0.670. The third-order valence-electron chi connectivity index (χ3n) is 4.49. The van der Waals surface area contributed by atoms with E-state index >= 15 is 0 Å². The molecule has 1 unspecified atom stereocenters. The molecule has 1 fully saturated rings. The molecule has 196 valence electrons. The van der Waals surface area contributed by atoms with E-state index in [1.165, 1.54) is 38.1 Å². The van der Waals surface area contributed by atoms with E-state index in [0.29, 0.717) is 10.6 Å². The number of halogens is 4. The fourth-order valence-electron chi connectivity index (χ4n) is 3.00. The number of carbonyl (C=O) groups excluding carboxylic acids is 1. The predicted molar refractivity (Wildman–Crippen MR) is 120 cm³/mol. The van der Waals surface area contributed by atoms with Gasteiger partial charge in [0.15, 0.2) is 0 Å². The van der Waals surface area contributed by atoms with Gasteiger partial charge in [0.2, 0.25) is 12.9 Å². The number of carbonyl (C=O) groups is 1. The Bertz CT molecular complexity index is 790. The molecule has 2 aliphatic heterocycles. The van der Waals surface area contributed by atoms with E-state index in [4.69, 9.17) is 32.5 Å². The van der Waals surface area contributed by atoms with Gasteiger partial charge in [0, 0.05) is 17.7 Å². The Morgan fingerprint density at radius 1 is 1.24 bits per heavy atom. The summed E-state index contributed by atoms with van der Waals surface area (Å²) in [6.45, 7) is 7.43. The molecule has 13 heteroatoms. The lowest BCUT2D eigenvalue weighted by Crippen LogP contribution is -2.42. The molecule has 0 bridgehead atoms. The van der Waals surface area contributed by atoms with Crippen molar-refractivity contribution in [1.82, 2.24) is 5.32 Å². The summed E-state index contributed by atoms with van der Waals surface area (Å²) in [6.07, 6.45) is -3.44. The Morgan fingerprint density at radius 2 is 1.79 bits per heavy atom. The number of esters is 1. The van der Waals surface area contributed by atoms with Crippen molar-refractivity contribution < 1.29 is 48.5 Å². The van der Waals surface area contributed by atoms with Crippen LogP contribution in [0, 0.1) is 0 Å². The lowest BCUT2D eigenvalue weighted by atomic mass is 9.85. The van der Waals surface area contributed by atoms with Gasteiger partial charge < -0.3 is 19.9 Å². The number of aliphatic hydroxyl groups excluding tert-OH is 1. The number of aliphatic hydroxyl groups is 1. The van der Waals surface area contributed by atoms with Crippen LogP contribution in [-0.2, 0) is 19.8 Å². The van der Waals surface area contributed by atoms with E-state index in [9.17, 15) is 18.0 Å². The van der Waals surface area contributed by atoms with E-state index in [-0.39, 0.29) is 11.3 Å². The Morgan fingerprint density at radius 3 is 2.21 bits per heavy atom. The van der Waals surface area contributed by atoms with Crippen LogP contribution in [0.5, 0.6) is 5.75 Å². The molecule has 1 aromatic rings. The molecule has 2 heterocycles. The number of hydrogen-bond acceptors (Lipinski definition) is 8. The minimum Gasteiger partial charge on any atom is -0.475 e. The van der Waals surface area contributed by atoms with Crippen LogP contribution in [0.2, 0.25) is 5.02 Å². The zero-order valence-corrected chi connectivity index (χ0v) is 20.4. The zero-order valence-electron chi connectivity index (χ0n) is 19.7. The highest BCUT2D eigenvalue weighted by molar-refractivity contribution is 6.31. The second-order valence-corrected chi connectivity index (χ2v) is 8.34. The predicted octanol–water partition coefficient (Wildman–Crippen LogP) is 2.33. The molecule has 1 atom stereocenters. The van der Waals surface area contributed by atoms with Gasteiger partial charge in [-0.25, -0.2) is 21.8 Å². The average molecular weight is 517 g/mol. The summed E-state index contributed by atoms with van der Waals surface area (Å²) in [5, 5.41) is 17.3. The summed E-state index contributed by atoms with van der Waals surface area (Å²) >= 11 is 6.22. The van der Waals surface area contributed by atoms with Crippen LogP contribution in [0.15, 0.2) is 17.7 Å². The second-order valence-electron chi connectivity index (χ2n) is 7.93. The fraction of sp³-hybridized carbons (Fsp3) is 0.571. The number of rotatable bonds is 3. The number of hydrogen-bond donors (Lipinski definition) is 5. The quantitative estimate of drug-likeness (QED) is 0.233. The highest BCUT2D eigenvalue weighted by Crippen LogP contribution is 2.42. The van der Waals surface area contributed by atoms with Gasteiger partial charge in [-0.15, -0.1) is 0 Å². The maximum absolute atomic E-state index is 13.3. The smallest absolute Gasteiger partial charge is 0.430 e. The molecule has 8 N–H and O–H groups in total. The third-order valence-corrected chi connectivity index (χ3v) is 4.81. The maximum atomic E-state index is 13.3. The van der Waals surface area contributed by atoms with E-state index < -0.39 is 36.0 Å². The number of ether oxygens (including phenoxy) is 2. The zero-order chi connectivity index (χ0) is 26.5. The molecule has 0 radical (unpaired) electrons. The van der Waals surface area contributed by atoms with Crippen molar-refractivity contribution in [3.8, 4) is 5.75 Å². The first-order chi connectivity index (χ1) is 15.9. The molecule has 0 spiro atoms. The van der Waals surface area contributed by atoms with Crippen LogP contribution in [0.3, 0.4) is 0 Å². The Labute approximate surface area is 201 Å². The fourth-order valence-corrected chi connectivity index (χ4v) is 3.45. The van der Waals surface area contributed by atoms with Gasteiger partial charge in [-0.2, -0.15) is 13.2 Å². The van der Waals surface area contributed by atoms with Crippen molar-refractivity contribution in [2.75, 3.05) is 27.0 Å². The number of benzene rings is 1. The van der Waals surface area contributed by atoms with E-state index in [1.807, 2.05) is 20.8 Å². The van der Waals surface area contributed by atoms with Gasteiger partial charge in [0.05, 0.1) is 5.57 Å². The second kappa shape index (κ2) is 15.1. The van der Waals surface area contributed by atoms with Crippen LogP contribution < -0.4 is 21.8 Å². The number of fused-ring (bicyclic) bond motifs is 1. The normalized spacial score (nSPS) is 16.7. The summed E-state index contributed by atoms with van der Waals surface area (Å²) in [4.78, 5) is 15.9. The number of nitrogens with two attached hydrogens (primary N) is 1. The molecular weight excluding hydrogens is 483 g/mol. The van der Waals surface area contributed by atoms with E-state index in [1.54, 1.807) is 0 Å². The molecule has 9 nitrogen and oxygen atoms in total. The van der Waals surface area contributed by atoms with Gasteiger partial charge in [-0.1, -0.05) is 32.4 Å². The minimum atomic E-state index is -4.81. The molecular formula is C21H34ClF3N3O6+. The Kier molecular flexibility index (Phi) is 14.3. The standard InChI is InChI=1S/C16H17ClF3NO4.C4H9N.CH4O.H4NO/c1-15(2,3)10-6-12-8(5-11(10)17)4-9(14(22)23-7-24-21)13(25-12)16(18,19)20;1-2-4-5-3-1;2*1-2/h4-6,13H,7,21H2,1-3H3;5H,1-4H2;2*2H,1H3/q;;;+1. The first-order valence-corrected chi connectivity index (χ1v) is 10.6. The largest absolute Gasteiger partial charge is 0.475 e. The molecule has 3 rings (SSSR count). The Hall–Kier alpha value is -1.93. The summed E-state index contributed by atoms with van der Waals surface area (Å²) in [5.74, 6) is 5.71. The average Bonchev–Trinajstić information content (AvgIpc) is 3.38. The van der Waals surface area contributed by atoms with Crippen molar-refractivity contribution in [3.63, 3.8) is 0 Å². The van der Waals surface area contributed by atoms with Gasteiger partial charge in [-0.05, 0) is 55.1 Å². The summed E-state index contributed by atoms with van der Waals surface area (Å²) < 4.78 is 49.6. The first-order valence-electron chi connectivity index (χ1n) is 10.2. The molecule has 0 aliphatic carbocycles. The van der Waals surface area contributed by atoms with E-state index in [2.05, 4.69) is 20.8 Å². The van der Waals surface area contributed by atoms with E-state index in [0.717, 1.165) is 13.2 Å². The minimum absolute atomic E-state index is 0.0109. The molecule has 0 amide bonds. The molecule has 1 saturated heterocycles. The van der Waals surface area contributed by atoms with Crippen molar-refractivity contribution in [3.05, 3.63) is 33.9 Å². The monoisotopic (exact) mass is 516 g/mol. The molecule has 34 heavy (non-hydrogen) atoms. The highest BCUT2D eigenvalue weighted by atomic mass is 35.5. The topological polar surface area (TPSA) is 151 Å². The number of nitrogens with one attached hydrogen (secondary N) is 1. The van der Waals surface area contributed by atoms with Crippen LogP contribution in [0.4, 0.5) is 13.2 Å². The van der Waals surface area contributed by atoms with Gasteiger partial charge in [-0.3, -0.25) is 4.84 Å². The van der Waals surface area contributed by atoms with Crippen molar-refractivity contribution in [2.24, 2.45) is 5.90 Å². The summed E-state index contributed by atoms with van der Waals surface area (Å²) in [5.41, 5.74) is -0.231. The van der Waals surface area contributed by atoms with Gasteiger partial charge in [0.1, 0.15) is 5.75 Å². The maximum Gasteiger partial charge on any atom is 0.430 e. The highest BCUT2D eigenvalue weighted by Gasteiger charge is 2.49. The molecule has 0 aromatic heterocycles. The van der Waals surface area contributed by atoms with Gasteiger partial charge in [0.25, 0.3) is 0 Å². The van der Waals surface area contributed by atoms with Gasteiger partial charge >= 0.3 is 12.1 Å². The number of alkyl halides is 3. The van der Waals surface area contributed by atoms with Crippen LogP contribution in [0.1, 0.15) is 44.7 Å².